The topological polar surface area (TPSA) is 57.6 Å². The summed E-state index contributed by atoms with van der Waals surface area (Å²) in [4.78, 5) is -0.0762. The first-order valence-electron chi connectivity index (χ1n) is 6.31. The van der Waals surface area contributed by atoms with Gasteiger partial charge in [-0.25, -0.2) is 17.1 Å². The van der Waals surface area contributed by atoms with Gasteiger partial charge in [-0.2, -0.15) is 0 Å². The van der Waals surface area contributed by atoms with Crippen LogP contribution in [0.2, 0.25) is 0 Å². The lowest BCUT2D eigenvalue weighted by Gasteiger charge is -2.16. The first-order valence-corrected chi connectivity index (χ1v) is 7.75. The van der Waals surface area contributed by atoms with E-state index in [0.29, 0.717) is 12.5 Å². The second-order valence-electron chi connectivity index (χ2n) is 4.83. The highest BCUT2D eigenvalue weighted by Gasteiger charge is 2.29. The van der Waals surface area contributed by atoms with E-state index in [2.05, 4.69) is 11.8 Å². The summed E-state index contributed by atoms with van der Waals surface area (Å²) in [5.74, 6) is 4.48. The molecule has 0 aromatic heterocycles. The minimum Gasteiger partial charge on any atom is -0.384 e. The Balaban J connectivity index is 2.25. The molecule has 1 aliphatic carbocycles. The number of hydrogen-bond acceptors (Lipinski definition) is 3. The van der Waals surface area contributed by atoms with Gasteiger partial charge in [-0.15, -0.1) is 0 Å². The fourth-order valence-electron chi connectivity index (χ4n) is 1.83. The molecule has 0 atom stereocenters. The smallest absolute Gasteiger partial charge is 0.242 e. The lowest BCUT2D eigenvalue weighted by Crippen LogP contribution is -2.29. The van der Waals surface area contributed by atoms with Crippen LogP contribution < -0.4 is 0 Å². The van der Waals surface area contributed by atoms with Gasteiger partial charge in [0.2, 0.25) is 10.0 Å². The molecule has 6 heteroatoms. The van der Waals surface area contributed by atoms with Gasteiger partial charge in [0.1, 0.15) is 12.4 Å². The maximum atomic E-state index is 13.8. The summed E-state index contributed by atoms with van der Waals surface area (Å²) in [6, 6.07) is 3.62. The van der Waals surface area contributed by atoms with Crippen molar-refractivity contribution in [3.05, 3.63) is 29.6 Å². The Hall–Kier alpha value is -1.42. The van der Waals surface area contributed by atoms with Crippen LogP contribution in [-0.4, -0.2) is 38.0 Å². The summed E-state index contributed by atoms with van der Waals surface area (Å²) in [5, 5.41) is 8.57. The molecule has 1 aromatic carbocycles. The lowest BCUT2D eigenvalue weighted by atomic mass is 10.2. The molecule has 0 spiro atoms. The number of hydrogen-bond donors (Lipinski definition) is 1. The maximum Gasteiger partial charge on any atom is 0.242 e. The highest BCUT2D eigenvalue weighted by atomic mass is 32.2. The standard InChI is InChI=1S/C14H16FNO3S/c1-16(10-11-4-5-11)20(18,19)13-7-6-12(3-2-8-17)14(15)9-13/h6-7,9,11,17H,4-5,8,10H2,1H3. The van der Waals surface area contributed by atoms with Gasteiger partial charge in [0.25, 0.3) is 0 Å². The Morgan fingerprint density at radius 3 is 2.70 bits per heavy atom. The van der Waals surface area contributed by atoms with Crippen molar-refractivity contribution in [1.29, 1.82) is 0 Å². The summed E-state index contributed by atoms with van der Waals surface area (Å²) >= 11 is 0. The zero-order chi connectivity index (χ0) is 14.8. The van der Waals surface area contributed by atoms with Crippen LogP contribution in [0.1, 0.15) is 18.4 Å². The molecule has 0 aliphatic heterocycles. The Bertz CT molecular complexity index is 657. The van der Waals surface area contributed by atoms with E-state index in [4.69, 9.17) is 5.11 Å². The quantitative estimate of drug-likeness (QED) is 0.850. The van der Waals surface area contributed by atoms with Crippen LogP contribution in [0.3, 0.4) is 0 Å². The third-order valence-corrected chi connectivity index (χ3v) is 4.98. The van der Waals surface area contributed by atoms with E-state index in [0.717, 1.165) is 18.9 Å². The van der Waals surface area contributed by atoms with Crippen molar-refractivity contribution in [1.82, 2.24) is 4.31 Å². The third kappa shape index (κ3) is 3.37. The molecule has 1 fully saturated rings. The summed E-state index contributed by atoms with van der Waals surface area (Å²) in [7, 11) is -2.15. The highest BCUT2D eigenvalue weighted by molar-refractivity contribution is 7.89. The molecule has 1 saturated carbocycles. The molecule has 0 saturated heterocycles. The third-order valence-electron chi connectivity index (χ3n) is 3.16. The van der Waals surface area contributed by atoms with Crippen LogP contribution in [0.25, 0.3) is 0 Å². The van der Waals surface area contributed by atoms with Crippen molar-refractivity contribution in [2.24, 2.45) is 5.92 Å². The van der Waals surface area contributed by atoms with Crippen LogP contribution >= 0.6 is 0 Å². The van der Waals surface area contributed by atoms with E-state index in [1.165, 1.54) is 23.5 Å². The lowest BCUT2D eigenvalue weighted by molar-refractivity contribution is 0.350. The van der Waals surface area contributed by atoms with E-state index < -0.39 is 15.8 Å². The summed E-state index contributed by atoms with van der Waals surface area (Å²) in [6.45, 7) is 0.0969. The normalized spacial score (nSPS) is 15.0. The van der Waals surface area contributed by atoms with Crippen molar-refractivity contribution < 1.29 is 17.9 Å². The minimum absolute atomic E-state index is 0.0721. The average molecular weight is 297 g/mol. The van der Waals surface area contributed by atoms with Gasteiger partial charge in [-0.1, -0.05) is 11.8 Å². The van der Waals surface area contributed by atoms with Crippen molar-refractivity contribution in [2.45, 2.75) is 17.7 Å². The molecule has 2 rings (SSSR count). The van der Waals surface area contributed by atoms with Crippen LogP contribution in [0.15, 0.2) is 23.1 Å². The first kappa shape index (κ1) is 15.0. The predicted octanol–water partition coefficient (Wildman–Crippen LogP) is 1.20. The average Bonchev–Trinajstić information content (AvgIpc) is 3.21. The van der Waals surface area contributed by atoms with Gasteiger partial charge in [-0.05, 0) is 37.0 Å². The molecule has 20 heavy (non-hydrogen) atoms. The van der Waals surface area contributed by atoms with Crippen molar-refractivity contribution in [3.63, 3.8) is 0 Å². The van der Waals surface area contributed by atoms with E-state index in [1.807, 2.05) is 0 Å². The largest absolute Gasteiger partial charge is 0.384 e. The maximum absolute atomic E-state index is 13.8. The summed E-state index contributed by atoms with van der Waals surface area (Å²) in [6.07, 6.45) is 2.09. The Morgan fingerprint density at radius 1 is 1.45 bits per heavy atom. The van der Waals surface area contributed by atoms with Gasteiger partial charge in [0, 0.05) is 13.6 Å². The number of aliphatic hydroxyl groups excluding tert-OH is 1. The Morgan fingerprint density at radius 2 is 2.15 bits per heavy atom. The number of rotatable bonds is 4. The molecule has 1 N–H and O–H groups in total. The molecule has 1 aliphatic rings. The molecule has 4 nitrogen and oxygen atoms in total. The predicted molar refractivity (Wildman–Crippen MR) is 72.9 cm³/mol. The van der Waals surface area contributed by atoms with E-state index >= 15 is 0 Å². The second-order valence-corrected chi connectivity index (χ2v) is 6.88. The molecular formula is C14H16FNO3S. The van der Waals surface area contributed by atoms with Crippen LogP contribution in [0.5, 0.6) is 0 Å². The molecule has 0 heterocycles. The Kier molecular flexibility index (Phi) is 4.43. The van der Waals surface area contributed by atoms with E-state index in [1.54, 1.807) is 0 Å². The molecule has 0 unspecified atom stereocenters. The number of nitrogens with zero attached hydrogens (tertiary/aromatic N) is 1. The van der Waals surface area contributed by atoms with Crippen LogP contribution in [0, 0.1) is 23.6 Å². The summed E-state index contributed by atoms with van der Waals surface area (Å²) in [5.41, 5.74) is 0.0721. The molecule has 1 aromatic rings. The van der Waals surface area contributed by atoms with Crippen LogP contribution in [0.4, 0.5) is 4.39 Å². The monoisotopic (exact) mass is 297 g/mol. The van der Waals surface area contributed by atoms with E-state index in [-0.39, 0.29) is 17.1 Å². The van der Waals surface area contributed by atoms with Crippen molar-refractivity contribution in [2.75, 3.05) is 20.2 Å². The minimum atomic E-state index is -3.66. The zero-order valence-electron chi connectivity index (χ0n) is 11.1. The van der Waals surface area contributed by atoms with Gasteiger partial charge in [0.15, 0.2) is 0 Å². The number of sulfonamides is 1. The molecule has 108 valence electrons. The van der Waals surface area contributed by atoms with Gasteiger partial charge in [-0.3, -0.25) is 0 Å². The zero-order valence-corrected chi connectivity index (χ0v) is 12.0. The fourth-order valence-corrected chi connectivity index (χ4v) is 3.09. The fraction of sp³-hybridized carbons (Fsp3) is 0.429. The number of benzene rings is 1. The number of aliphatic hydroxyl groups is 1. The summed E-state index contributed by atoms with van der Waals surface area (Å²) < 4.78 is 39.5. The molecular weight excluding hydrogens is 281 g/mol. The van der Waals surface area contributed by atoms with E-state index in [9.17, 15) is 12.8 Å². The molecule has 0 radical (unpaired) electrons. The van der Waals surface area contributed by atoms with Gasteiger partial charge >= 0.3 is 0 Å². The van der Waals surface area contributed by atoms with Gasteiger partial charge in [0.05, 0.1) is 10.5 Å². The van der Waals surface area contributed by atoms with Crippen LogP contribution in [-0.2, 0) is 10.0 Å². The van der Waals surface area contributed by atoms with Crippen molar-refractivity contribution >= 4 is 10.0 Å². The van der Waals surface area contributed by atoms with Gasteiger partial charge < -0.3 is 5.11 Å². The first-order chi connectivity index (χ1) is 9.45. The Labute approximate surface area is 118 Å². The second kappa shape index (κ2) is 5.92. The highest BCUT2D eigenvalue weighted by Crippen LogP contribution is 2.31. The SMILES string of the molecule is CN(CC1CC1)S(=O)(=O)c1ccc(C#CCO)c(F)c1. The number of halogens is 1. The van der Waals surface area contributed by atoms with Crippen molar-refractivity contribution in [3.8, 4) is 11.8 Å². The molecule has 0 amide bonds. The molecule has 0 bridgehead atoms.